The van der Waals surface area contributed by atoms with Crippen LogP contribution in [-0.2, 0) is 0 Å². The van der Waals surface area contributed by atoms with Gasteiger partial charge in [-0.25, -0.2) is 9.37 Å². The van der Waals surface area contributed by atoms with Gasteiger partial charge in [0.15, 0.2) is 0 Å². The van der Waals surface area contributed by atoms with E-state index in [2.05, 4.69) is 55.2 Å². The minimum Gasteiger partial charge on any atom is -0.366 e. The van der Waals surface area contributed by atoms with Gasteiger partial charge in [0.25, 0.3) is 0 Å². The van der Waals surface area contributed by atoms with Gasteiger partial charge >= 0.3 is 0 Å². The highest BCUT2D eigenvalue weighted by atomic mass is 35.5. The predicted molar refractivity (Wildman–Crippen MR) is 166 cm³/mol. The number of nitrogens with zero attached hydrogens (tertiary/aromatic N) is 5. The number of hydrazone groups is 1. The summed E-state index contributed by atoms with van der Waals surface area (Å²) >= 11 is 6.02. The van der Waals surface area contributed by atoms with Crippen molar-refractivity contribution >= 4 is 45.3 Å². The number of benzene rings is 1. The highest BCUT2D eigenvalue weighted by molar-refractivity contribution is 6.33. The summed E-state index contributed by atoms with van der Waals surface area (Å²) in [5, 5.41) is 16.0. The van der Waals surface area contributed by atoms with Gasteiger partial charge in [0.1, 0.15) is 5.82 Å². The van der Waals surface area contributed by atoms with E-state index in [0.717, 1.165) is 49.4 Å². The highest BCUT2D eigenvalue weighted by Gasteiger charge is 2.24. The van der Waals surface area contributed by atoms with Crippen LogP contribution in [0.4, 0.5) is 10.1 Å². The molecule has 0 saturated carbocycles. The molecule has 1 saturated heterocycles. The van der Waals surface area contributed by atoms with Crippen LogP contribution in [-0.4, -0.2) is 52.1 Å². The lowest BCUT2D eigenvalue weighted by atomic mass is 10.00. The van der Waals surface area contributed by atoms with Gasteiger partial charge in [-0.05, 0) is 75.1 Å². The van der Waals surface area contributed by atoms with Crippen LogP contribution in [0.5, 0.6) is 0 Å². The van der Waals surface area contributed by atoms with Crippen molar-refractivity contribution in [3.8, 4) is 0 Å². The molecule has 1 N–H and O–H groups in total. The number of piperazine rings is 1. The molecule has 3 aromatic rings. The fourth-order valence-electron chi connectivity index (χ4n) is 4.90. The predicted octanol–water partition coefficient (Wildman–Crippen LogP) is 7.92. The molecule has 1 fully saturated rings. The van der Waals surface area contributed by atoms with Crippen molar-refractivity contribution in [3.63, 3.8) is 0 Å². The molecular formula is C32H38ClFN6. The summed E-state index contributed by atoms with van der Waals surface area (Å²) in [7, 11) is 0. The number of allylic oxidation sites excluding steroid dienone is 3. The first-order valence-corrected chi connectivity index (χ1v) is 14.4. The van der Waals surface area contributed by atoms with Crippen LogP contribution < -0.4 is 4.90 Å². The summed E-state index contributed by atoms with van der Waals surface area (Å²) in [6, 6.07) is 10.0. The minimum absolute atomic E-state index is 0.0508. The summed E-state index contributed by atoms with van der Waals surface area (Å²) < 4.78 is 14.3. The number of fused-ring (bicyclic) bond motifs is 1. The monoisotopic (exact) mass is 560 g/mol. The zero-order chi connectivity index (χ0) is 28.8. The standard InChI is InChI=1S/C29H30ClFN6.C3H8/c1-18-17-36(12-13-37(18)35-20(3)21-6-4-5-7-21)23-15-28-27(33-16-23)11-10-26(34-28)19(2)29(32)24-14-22(30)8-9-25(24)31;1-3-2/h6,8-11,14-16,18,32H,2,4-5,7,12-13,17H2,1,3H3;3H2,1-2H3/b32-29?,35-20+;. The van der Waals surface area contributed by atoms with Gasteiger partial charge in [-0.1, -0.05) is 44.5 Å². The largest absolute Gasteiger partial charge is 0.366 e. The molecule has 0 bridgehead atoms. The molecule has 210 valence electrons. The molecule has 8 heteroatoms. The Hall–Kier alpha value is -3.58. The number of pyridine rings is 2. The molecule has 1 aliphatic carbocycles. The third-order valence-corrected chi connectivity index (χ3v) is 7.31. The van der Waals surface area contributed by atoms with Gasteiger partial charge in [0.2, 0.25) is 0 Å². The van der Waals surface area contributed by atoms with Crippen molar-refractivity contribution in [1.29, 1.82) is 5.41 Å². The number of hydrogen-bond acceptors (Lipinski definition) is 6. The van der Waals surface area contributed by atoms with Crippen LogP contribution in [0.1, 0.15) is 64.6 Å². The second-order valence-electron chi connectivity index (χ2n) is 10.4. The quantitative estimate of drug-likeness (QED) is 0.311. The van der Waals surface area contributed by atoms with E-state index in [1.807, 2.05) is 18.3 Å². The zero-order valence-corrected chi connectivity index (χ0v) is 24.6. The molecule has 5 rings (SSSR count). The molecule has 6 nitrogen and oxygen atoms in total. The van der Waals surface area contributed by atoms with Gasteiger partial charge < -0.3 is 4.90 Å². The maximum absolute atomic E-state index is 14.3. The minimum atomic E-state index is -0.520. The molecule has 2 aliphatic rings. The summed E-state index contributed by atoms with van der Waals surface area (Å²) in [6.45, 7) is 15.1. The molecule has 0 radical (unpaired) electrons. The number of halogens is 2. The number of nitrogens with one attached hydrogen (secondary N) is 1. The van der Waals surface area contributed by atoms with Crippen molar-refractivity contribution < 1.29 is 4.39 Å². The Morgan fingerprint density at radius 1 is 1.18 bits per heavy atom. The Kier molecular flexibility index (Phi) is 9.69. The van der Waals surface area contributed by atoms with E-state index in [4.69, 9.17) is 27.1 Å². The van der Waals surface area contributed by atoms with Crippen LogP contribution >= 0.6 is 11.6 Å². The smallest absolute Gasteiger partial charge is 0.132 e. The lowest BCUT2D eigenvalue weighted by Gasteiger charge is -2.39. The molecule has 2 aromatic heterocycles. The first kappa shape index (κ1) is 29.4. The Bertz CT molecular complexity index is 1460. The summed E-state index contributed by atoms with van der Waals surface area (Å²) in [5.74, 6) is -0.520. The molecule has 40 heavy (non-hydrogen) atoms. The van der Waals surface area contributed by atoms with Gasteiger partial charge in [-0.15, -0.1) is 0 Å². The van der Waals surface area contributed by atoms with Crippen LogP contribution in [0.25, 0.3) is 16.6 Å². The molecular weight excluding hydrogens is 523 g/mol. The molecule has 0 amide bonds. The molecule has 1 aliphatic heterocycles. The summed E-state index contributed by atoms with van der Waals surface area (Å²) in [4.78, 5) is 11.6. The first-order valence-electron chi connectivity index (χ1n) is 14.0. The lowest BCUT2D eigenvalue weighted by molar-refractivity contribution is 0.198. The zero-order valence-electron chi connectivity index (χ0n) is 23.8. The van der Waals surface area contributed by atoms with E-state index < -0.39 is 5.82 Å². The van der Waals surface area contributed by atoms with E-state index in [1.54, 1.807) is 6.07 Å². The SMILES string of the molecule is C=C(C(=N)c1cc(Cl)ccc1F)c1ccc2ncc(N3CCN(/N=C(\C)C4=CCCC4)C(C)C3)cc2n1.CCC. The lowest BCUT2D eigenvalue weighted by Crippen LogP contribution is -2.50. The normalized spacial score (nSPS) is 17.4. The molecule has 1 unspecified atom stereocenters. The summed E-state index contributed by atoms with van der Waals surface area (Å²) in [6.07, 6.45) is 8.94. The number of aromatic nitrogens is 2. The van der Waals surface area contributed by atoms with Crippen LogP contribution in [0.15, 0.2) is 65.9 Å². The second kappa shape index (κ2) is 13.2. The average molecular weight is 561 g/mol. The van der Waals surface area contributed by atoms with Crippen LogP contribution in [0.3, 0.4) is 0 Å². The van der Waals surface area contributed by atoms with E-state index in [1.165, 1.54) is 36.6 Å². The Morgan fingerprint density at radius 2 is 1.95 bits per heavy atom. The molecule has 3 heterocycles. The second-order valence-corrected chi connectivity index (χ2v) is 10.8. The number of hydrogen-bond donors (Lipinski definition) is 1. The van der Waals surface area contributed by atoms with Gasteiger partial charge in [0.05, 0.1) is 52.6 Å². The van der Waals surface area contributed by atoms with E-state index in [9.17, 15) is 4.39 Å². The van der Waals surface area contributed by atoms with Gasteiger partial charge in [-0.2, -0.15) is 5.10 Å². The Balaban J connectivity index is 0.00000118. The third-order valence-electron chi connectivity index (χ3n) is 7.07. The van der Waals surface area contributed by atoms with Gasteiger partial charge in [0, 0.05) is 29.2 Å². The molecule has 0 spiro atoms. The fourth-order valence-corrected chi connectivity index (χ4v) is 5.08. The van der Waals surface area contributed by atoms with Crippen LogP contribution in [0.2, 0.25) is 5.02 Å². The van der Waals surface area contributed by atoms with E-state index in [0.29, 0.717) is 21.8 Å². The van der Waals surface area contributed by atoms with Crippen molar-refractivity contribution in [2.45, 2.75) is 59.4 Å². The summed E-state index contributed by atoms with van der Waals surface area (Å²) in [5.41, 5.74) is 5.81. The third kappa shape index (κ3) is 6.76. The van der Waals surface area contributed by atoms with Crippen molar-refractivity contribution in [1.82, 2.24) is 15.0 Å². The molecule has 1 atom stereocenters. The van der Waals surface area contributed by atoms with E-state index >= 15 is 0 Å². The van der Waals surface area contributed by atoms with Crippen molar-refractivity contribution in [2.24, 2.45) is 5.10 Å². The highest BCUT2D eigenvalue weighted by Crippen LogP contribution is 2.26. The average Bonchev–Trinajstić information content (AvgIpc) is 3.50. The maximum Gasteiger partial charge on any atom is 0.132 e. The van der Waals surface area contributed by atoms with Crippen molar-refractivity contribution in [2.75, 3.05) is 24.5 Å². The fraction of sp³-hybridized carbons (Fsp3) is 0.375. The molecule has 1 aromatic carbocycles. The van der Waals surface area contributed by atoms with Gasteiger partial charge in [-0.3, -0.25) is 15.4 Å². The van der Waals surface area contributed by atoms with Crippen LogP contribution in [0, 0.1) is 11.2 Å². The first-order chi connectivity index (χ1) is 19.2. The van der Waals surface area contributed by atoms with E-state index in [-0.39, 0.29) is 17.3 Å². The number of anilines is 1. The maximum atomic E-state index is 14.3. The number of rotatable bonds is 6. The topological polar surface area (TPSA) is 68.5 Å². The Labute approximate surface area is 241 Å². The van der Waals surface area contributed by atoms with Crippen molar-refractivity contribution in [3.05, 3.63) is 82.9 Å². The Morgan fingerprint density at radius 3 is 2.65 bits per heavy atom.